The number of aryl methyl sites for hydroxylation is 1. The van der Waals surface area contributed by atoms with Crippen molar-refractivity contribution in [3.8, 4) is 17.0 Å². The number of alkyl halides is 2. The normalized spacial score (nSPS) is 22.6. The molecular weight excluding hydrogens is 799 g/mol. The lowest BCUT2D eigenvalue weighted by molar-refractivity contribution is -0.120. The fourth-order valence-corrected chi connectivity index (χ4v) is 9.48. The number of pyridine rings is 1. The first-order valence-electron chi connectivity index (χ1n) is 21.2. The van der Waals surface area contributed by atoms with E-state index < -0.39 is 18.0 Å². The zero-order valence-electron chi connectivity index (χ0n) is 34.7. The molecule has 2 aromatic carbocycles. The van der Waals surface area contributed by atoms with Crippen molar-refractivity contribution in [2.24, 2.45) is 5.92 Å². The number of phenols is 1. The first-order chi connectivity index (χ1) is 29.8. The van der Waals surface area contributed by atoms with Gasteiger partial charge < -0.3 is 29.9 Å². The predicted octanol–water partition coefficient (Wildman–Crippen LogP) is 5.94. The van der Waals surface area contributed by atoms with E-state index in [2.05, 4.69) is 25.4 Å². The monoisotopic (exact) mass is 848 g/mol. The molecule has 4 saturated heterocycles. The molecule has 7 heterocycles. The van der Waals surface area contributed by atoms with Crippen molar-refractivity contribution in [2.45, 2.75) is 63.7 Å². The molecular formula is C45H50F2N10O5. The van der Waals surface area contributed by atoms with Gasteiger partial charge in [0.1, 0.15) is 23.5 Å². The molecule has 9 rings (SSSR count). The Kier molecular flexibility index (Phi) is 11.0. The first-order valence-corrected chi connectivity index (χ1v) is 21.2. The van der Waals surface area contributed by atoms with Crippen LogP contribution in [0, 0.1) is 12.8 Å². The molecule has 4 aliphatic heterocycles. The third kappa shape index (κ3) is 8.13. The maximum absolute atomic E-state index is 16.0. The molecule has 4 N–H and O–H groups in total. The van der Waals surface area contributed by atoms with Gasteiger partial charge in [-0.25, -0.2) is 18.6 Å². The van der Waals surface area contributed by atoms with Crippen molar-refractivity contribution in [1.82, 2.24) is 34.9 Å². The van der Waals surface area contributed by atoms with E-state index in [0.29, 0.717) is 78.5 Å². The number of imide groups is 1. The second-order valence-electron chi connectivity index (χ2n) is 17.1. The number of phenolic OH excluding ortho intramolecular Hbond substituents is 1. The number of likely N-dealkylation sites (tertiary alicyclic amines) is 2. The summed E-state index contributed by atoms with van der Waals surface area (Å²) in [5, 5.41) is 21.8. The quantitative estimate of drug-likeness (QED) is 0.169. The highest BCUT2D eigenvalue weighted by Gasteiger charge is 2.47. The minimum Gasteiger partial charge on any atom is -0.507 e. The number of nitrogen functional groups attached to an aromatic ring is 1. The molecule has 0 saturated carbocycles. The first kappa shape index (κ1) is 41.2. The summed E-state index contributed by atoms with van der Waals surface area (Å²) in [5.74, 6) is -2.82. The summed E-state index contributed by atoms with van der Waals surface area (Å²) in [4.78, 5) is 49.5. The minimum absolute atomic E-state index is 0.0569. The molecule has 3 atom stereocenters. The third-order valence-corrected chi connectivity index (χ3v) is 12.7. The summed E-state index contributed by atoms with van der Waals surface area (Å²) in [6.45, 7) is 6.94. The number of aromatic nitrogens is 4. The van der Waals surface area contributed by atoms with Crippen LogP contribution in [0.25, 0.3) is 22.3 Å². The highest BCUT2D eigenvalue weighted by atomic mass is 19.3. The molecule has 0 spiro atoms. The van der Waals surface area contributed by atoms with Crippen LogP contribution in [0.5, 0.6) is 5.75 Å². The number of nitrogens with two attached hydrogens (primary N) is 1. The lowest BCUT2D eigenvalue weighted by Gasteiger charge is -2.41. The number of piperidine rings is 2. The van der Waals surface area contributed by atoms with Crippen LogP contribution in [-0.2, 0) is 9.53 Å². The Morgan fingerprint density at radius 2 is 1.77 bits per heavy atom. The number of carbonyl (C=O) groups excluding carboxylic acids is 3. The van der Waals surface area contributed by atoms with Crippen LogP contribution in [0.4, 0.5) is 30.8 Å². The van der Waals surface area contributed by atoms with Crippen LogP contribution in [-0.4, -0.2) is 117 Å². The van der Waals surface area contributed by atoms with Gasteiger partial charge in [-0.2, -0.15) is 0 Å². The number of benzene rings is 2. The number of ether oxygens (including phenoxy) is 1. The molecule has 17 heteroatoms. The van der Waals surface area contributed by atoms with E-state index in [1.165, 1.54) is 11.1 Å². The minimum atomic E-state index is -3.01. The van der Waals surface area contributed by atoms with Gasteiger partial charge in [0.25, 0.3) is 11.8 Å². The SMILES string of the molecule is Cc1cn([C@@H]2CCN(CC3CCN(C(=O)c4ccc([C@@H]5CN(c6cc(-c7ccccc7O)nnc6N)C[C@H](C)O5)cc4)CC3)CC2(F)F)c2ncc(N3CCC(=O)NC3=O)cc12. The summed E-state index contributed by atoms with van der Waals surface area (Å²) in [6, 6.07) is 16.5. The van der Waals surface area contributed by atoms with Gasteiger partial charge in [0, 0.05) is 74.9 Å². The Morgan fingerprint density at radius 1 is 1.00 bits per heavy atom. The Morgan fingerprint density at radius 3 is 2.52 bits per heavy atom. The number of hydrogen-bond donors (Lipinski definition) is 3. The summed E-state index contributed by atoms with van der Waals surface area (Å²) in [6.07, 6.45) is 4.70. The van der Waals surface area contributed by atoms with Crippen molar-refractivity contribution in [1.29, 1.82) is 0 Å². The molecule has 15 nitrogen and oxygen atoms in total. The van der Waals surface area contributed by atoms with Crippen LogP contribution < -0.4 is 20.9 Å². The molecule has 4 amide bonds. The van der Waals surface area contributed by atoms with Crippen LogP contribution in [0.2, 0.25) is 0 Å². The molecule has 324 valence electrons. The van der Waals surface area contributed by atoms with Crippen LogP contribution in [0.1, 0.15) is 66.2 Å². The second-order valence-corrected chi connectivity index (χ2v) is 17.1. The van der Waals surface area contributed by atoms with Gasteiger partial charge in [0.15, 0.2) is 5.82 Å². The fraction of sp³-hybridized carbons (Fsp3) is 0.422. The zero-order chi connectivity index (χ0) is 43.3. The van der Waals surface area contributed by atoms with E-state index in [1.807, 2.05) is 60.0 Å². The predicted molar refractivity (Wildman–Crippen MR) is 229 cm³/mol. The number of nitrogens with zero attached hydrogens (tertiary/aromatic N) is 8. The second kappa shape index (κ2) is 16.6. The van der Waals surface area contributed by atoms with Gasteiger partial charge in [0.05, 0.1) is 35.9 Å². The number of carbonyl (C=O) groups is 3. The molecule has 0 radical (unpaired) electrons. The number of hydrogen-bond acceptors (Lipinski definition) is 11. The van der Waals surface area contributed by atoms with Crippen molar-refractivity contribution < 1.29 is 33.0 Å². The number of para-hydroxylation sites is 1. The molecule has 62 heavy (non-hydrogen) atoms. The lowest BCUT2D eigenvalue weighted by Crippen LogP contribution is -2.51. The van der Waals surface area contributed by atoms with Crippen molar-refractivity contribution in [3.05, 3.63) is 89.7 Å². The number of fused-ring (bicyclic) bond motifs is 1. The number of anilines is 3. The van der Waals surface area contributed by atoms with Crippen LogP contribution >= 0.6 is 0 Å². The summed E-state index contributed by atoms with van der Waals surface area (Å²) in [5.41, 5.74) is 11.3. The summed E-state index contributed by atoms with van der Waals surface area (Å²) in [7, 11) is 0. The van der Waals surface area contributed by atoms with Crippen LogP contribution in [0.3, 0.4) is 0 Å². The fourth-order valence-electron chi connectivity index (χ4n) is 9.48. The number of morpholine rings is 1. The van der Waals surface area contributed by atoms with Gasteiger partial charge in [-0.1, -0.05) is 24.3 Å². The van der Waals surface area contributed by atoms with Gasteiger partial charge >= 0.3 is 6.03 Å². The van der Waals surface area contributed by atoms with Gasteiger partial charge in [-0.05, 0) is 86.6 Å². The number of halogens is 2. The van der Waals surface area contributed by atoms with Crippen molar-refractivity contribution >= 4 is 46.1 Å². The van der Waals surface area contributed by atoms with E-state index >= 15 is 8.78 Å². The lowest BCUT2D eigenvalue weighted by atomic mass is 9.93. The molecule has 4 aliphatic rings. The standard InChI is InChI=1S/C45H50F2N10O5/c1-27-22-57(42-34(27)19-32(21-49-42)56-18-14-40(59)50-44(56)61)39-13-15-53(26-45(39,46)47)24-29-11-16-54(17-12-29)43(60)31-9-7-30(8-10-31)38-25-55(23-28(2)62-38)36-20-35(51-52-41(36)48)33-5-3-4-6-37(33)58/h3-10,19-22,28-29,38-39,58H,11-18,23-26H2,1-2H3,(H2,48,52)(H,50,59,61)/t28-,38-,39+/m0/s1. The maximum atomic E-state index is 16.0. The van der Waals surface area contributed by atoms with Crippen molar-refractivity contribution in [2.75, 3.05) is 67.9 Å². The molecule has 0 unspecified atom stereocenters. The van der Waals surface area contributed by atoms with E-state index in [4.69, 9.17) is 10.5 Å². The average Bonchev–Trinajstić information content (AvgIpc) is 3.58. The number of nitrogens with one attached hydrogen (secondary N) is 1. The number of amides is 4. The van der Waals surface area contributed by atoms with Crippen molar-refractivity contribution in [3.63, 3.8) is 0 Å². The number of urea groups is 1. The highest BCUT2D eigenvalue weighted by molar-refractivity contribution is 6.06. The Hall–Kier alpha value is -6.20. The third-order valence-electron chi connectivity index (χ3n) is 12.7. The van der Waals surface area contributed by atoms with E-state index in [-0.39, 0.29) is 67.4 Å². The topological polar surface area (TPSA) is 175 Å². The molecule has 4 fully saturated rings. The Balaban J connectivity index is 0.784. The molecule has 5 aromatic rings. The average molecular weight is 849 g/mol. The highest BCUT2D eigenvalue weighted by Crippen LogP contribution is 2.41. The summed E-state index contributed by atoms with van der Waals surface area (Å²) < 4.78 is 40.0. The number of rotatable bonds is 8. The maximum Gasteiger partial charge on any atom is 0.328 e. The largest absolute Gasteiger partial charge is 0.507 e. The molecule has 3 aromatic heterocycles. The van der Waals surface area contributed by atoms with Crippen LogP contribution in [0.15, 0.2) is 73.1 Å². The van der Waals surface area contributed by atoms with E-state index in [9.17, 15) is 19.5 Å². The smallest absolute Gasteiger partial charge is 0.328 e. The van der Waals surface area contributed by atoms with E-state index in [1.54, 1.807) is 35.0 Å². The summed E-state index contributed by atoms with van der Waals surface area (Å²) >= 11 is 0. The van der Waals surface area contributed by atoms with Gasteiger partial charge in [-0.15, -0.1) is 10.2 Å². The number of aromatic hydroxyl groups is 1. The molecule has 0 bridgehead atoms. The van der Waals surface area contributed by atoms with Gasteiger partial charge in [-0.3, -0.25) is 24.7 Å². The Bertz CT molecular complexity index is 2510. The molecule has 0 aliphatic carbocycles. The van der Waals surface area contributed by atoms with E-state index in [0.717, 1.165) is 24.0 Å². The van der Waals surface area contributed by atoms with Gasteiger partial charge in [0.2, 0.25) is 5.91 Å². The Labute approximate surface area is 357 Å². The zero-order valence-corrected chi connectivity index (χ0v) is 34.7.